The highest BCUT2D eigenvalue weighted by Gasteiger charge is 2.30. The number of nitrogens with zero attached hydrogens (tertiary/aromatic N) is 5. The summed E-state index contributed by atoms with van der Waals surface area (Å²) in [6.07, 6.45) is 7.00. The molecule has 1 aliphatic heterocycles. The van der Waals surface area contributed by atoms with Gasteiger partial charge >= 0.3 is 0 Å². The molecule has 2 aromatic rings. The summed E-state index contributed by atoms with van der Waals surface area (Å²) in [6, 6.07) is 4.16. The van der Waals surface area contributed by atoms with Gasteiger partial charge in [0.05, 0.1) is 17.3 Å². The standard InChI is InChI=1S/C16H20ClN5O/c1-20(2)15-8-12(5-6-18-15)14-4-3-7-22(14)16(23)11-21-10-13(17)9-19-21/h5-6,8-10,14H,3-4,7,11H2,1-2H3. The molecule has 3 rings (SSSR count). The summed E-state index contributed by atoms with van der Waals surface area (Å²) in [6.45, 7) is 0.993. The third-order valence-electron chi connectivity index (χ3n) is 4.08. The molecule has 1 fully saturated rings. The van der Waals surface area contributed by atoms with Crippen LogP contribution in [0.15, 0.2) is 30.7 Å². The van der Waals surface area contributed by atoms with Crippen LogP contribution in [0.3, 0.4) is 0 Å². The highest BCUT2D eigenvalue weighted by Crippen LogP contribution is 2.33. The molecule has 0 N–H and O–H groups in total. The van der Waals surface area contributed by atoms with E-state index in [1.807, 2.05) is 30.0 Å². The Morgan fingerprint density at radius 2 is 2.30 bits per heavy atom. The average molecular weight is 334 g/mol. The topological polar surface area (TPSA) is 54.3 Å². The predicted molar refractivity (Wildman–Crippen MR) is 89.5 cm³/mol. The summed E-state index contributed by atoms with van der Waals surface area (Å²) in [7, 11) is 3.93. The van der Waals surface area contributed by atoms with Gasteiger partial charge in [-0.25, -0.2) is 4.98 Å². The molecule has 122 valence electrons. The van der Waals surface area contributed by atoms with E-state index in [9.17, 15) is 4.79 Å². The largest absolute Gasteiger partial charge is 0.363 e. The summed E-state index contributed by atoms with van der Waals surface area (Å²) >= 11 is 5.86. The van der Waals surface area contributed by atoms with E-state index in [2.05, 4.69) is 16.1 Å². The summed E-state index contributed by atoms with van der Waals surface area (Å²) in [4.78, 5) is 20.9. The van der Waals surface area contributed by atoms with Crippen molar-refractivity contribution in [2.24, 2.45) is 0 Å². The molecule has 0 spiro atoms. The van der Waals surface area contributed by atoms with Crippen molar-refractivity contribution < 1.29 is 4.79 Å². The van der Waals surface area contributed by atoms with Crippen molar-refractivity contribution in [3.8, 4) is 0 Å². The molecular formula is C16H20ClN5O. The second-order valence-corrected chi connectivity index (χ2v) is 6.38. The molecule has 6 nitrogen and oxygen atoms in total. The Bertz CT molecular complexity index is 699. The number of hydrogen-bond acceptors (Lipinski definition) is 4. The average Bonchev–Trinajstić information content (AvgIpc) is 3.16. The van der Waals surface area contributed by atoms with Crippen LogP contribution in [-0.4, -0.2) is 46.2 Å². The normalized spacial score (nSPS) is 17.5. The fourth-order valence-electron chi connectivity index (χ4n) is 2.95. The van der Waals surface area contributed by atoms with Crippen molar-refractivity contribution >= 4 is 23.3 Å². The van der Waals surface area contributed by atoms with Gasteiger partial charge in [0, 0.05) is 33.0 Å². The minimum atomic E-state index is 0.0653. The summed E-state index contributed by atoms with van der Waals surface area (Å²) in [5.74, 6) is 0.969. The fraction of sp³-hybridized carbons (Fsp3) is 0.438. The number of amides is 1. The van der Waals surface area contributed by atoms with Crippen LogP contribution in [0.4, 0.5) is 5.82 Å². The smallest absolute Gasteiger partial charge is 0.244 e. The van der Waals surface area contributed by atoms with E-state index < -0.39 is 0 Å². The molecule has 1 saturated heterocycles. The van der Waals surface area contributed by atoms with Gasteiger partial charge < -0.3 is 9.80 Å². The van der Waals surface area contributed by atoms with E-state index in [1.54, 1.807) is 23.3 Å². The molecule has 0 bridgehead atoms. The van der Waals surface area contributed by atoms with Crippen LogP contribution < -0.4 is 4.90 Å². The van der Waals surface area contributed by atoms with Crippen molar-refractivity contribution in [2.45, 2.75) is 25.4 Å². The van der Waals surface area contributed by atoms with Crippen LogP contribution in [0.25, 0.3) is 0 Å². The van der Waals surface area contributed by atoms with E-state index in [1.165, 1.54) is 0 Å². The third kappa shape index (κ3) is 3.47. The van der Waals surface area contributed by atoms with Gasteiger partial charge in [-0.05, 0) is 30.5 Å². The van der Waals surface area contributed by atoms with Crippen LogP contribution in [0.5, 0.6) is 0 Å². The highest BCUT2D eigenvalue weighted by atomic mass is 35.5. The SMILES string of the molecule is CN(C)c1cc(C2CCCN2C(=O)Cn2cc(Cl)cn2)ccn1. The maximum atomic E-state index is 12.6. The molecule has 0 radical (unpaired) electrons. The highest BCUT2D eigenvalue weighted by molar-refractivity contribution is 6.30. The van der Waals surface area contributed by atoms with Crippen molar-refractivity contribution in [1.29, 1.82) is 0 Å². The van der Waals surface area contributed by atoms with Gasteiger partial charge in [-0.2, -0.15) is 5.10 Å². The number of aromatic nitrogens is 3. The van der Waals surface area contributed by atoms with Gasteiger partial charge in [-0.15, -0.1) is 0 Å². The lowest BCUT2D eigenvalue weighted by Crippen LogP contribution is -2.33. The zero-order valence-electron chi connectivity index (χ0n) is 13.3. The Kier molecular flexibility index (Phi) is 4.52. The molecule has 1 atom stereocenters. The lowest BCUT2D eigenvalue weighted by molar-refractivity contribution is -0.133. The van der Waals surface area contributed by atoms with E-state index in [0.29, 0.717) is 5.02 Å². The van der Waals surface area contributed by atoms with E-state index >= 15 is 0 Å². The Balaban J connectivity index is 1.77. The number of anilines is 1. The first kappa shape index (κ1) is 15.8. The number of rotatable bonds is 4. The van der Waals surface area contributed by atoms with E-state index in [4.69, 9.17) is 11.6 Å². The molecule has 1 amide bonds. The Morgan fingerprint density at radius 3 is 3.00 bits per heavy atom. The van der Waals surface area contributed by atoms with Crippen molar-refractivity contribution in [3.63, 3.8) is 0 Å². The van der Waals surface area contributed by atoms with Crippen molar-refractivity contribution in [2.75, 3.05) is 25.5 Å². The molecule has 23 heavy (non-hydrogen) atoms. The Hall–Kier alpha value is -2.08. The van der Waals surface area contributed by atoms with Gasteiger partial charge in [0.1, 0.15) is 12.4 Å². The number of pyridine rings is 1. The Morgan fingerprint density at radius 1 is 1.48 bits per heavy atom. The van der Waals surface area contributed by atoms with Crippen LogP contribution in [0, 0.1) is 0 Å². The van der Waals surface area contributed by atoms with Crippen LogP contribution >= 0.6 is 11.6 Å². The summed E-state index contributed by atoms with van der Waals surface area (Å²) in [5, 5.41) is 4.62. The maximum absolute atomic E-state index is 12.6. The van der Waals surface area contributed by atoms with E-state index in [-0.39, 0.29) is 18.5 Å². The molecule has 3 heterocycles. The number of likely N-dealkylation sites (tertiary alicyclic amines) is 1. The van der Waals surface area contributed by atoms with Gasteiger partial charge in [0.2, 0.25) is 5.91 Å². The van der Waals surface area contributed by atoms with Gasteiger partial charge in [-0.1, -0.05) is 11.6 Å². The molecule has 1 unspecified atom stereocenters. The Labute approximate surface area is 140 Å². The molecule has 2 aromatic heterocycles. The summed E-state index contributed by atoms with van der Waals surface area (Å²) < 4.78 is 1.58. The zero-order valence-corrected chi connectivity index (χ0v) is 14.1. The van der Waals surface area contributed by atoms with Crippen LogP contribution in [-0.2, 0) is 11.3 Å². The number of carbonyl (C=O) groups excluding carboxylic acids is 1. The first-order chi connectivity index (χ1) is 11.0. The molecule has 0 saturated carbocycles. The number of hydrogen-bond donors (Lipinski definition) is 0. The lowest BCUT2D eigenvalue weighted by atomic mass is 10.1. The molecule has 0 aliphatic carbocycles. The minimum Gasteiger partial charge on any atom is -0.363 e. The van der Waals surface area contributed by atoms with Crippen LogP contribution in [0.1, 0.15) is 24.4 Å². The maximum Gasteiger partial charge on any atom is 0.244 e. The van der Waals surface area contributed by atoms with Crippen LogP contribution in [0.2, 0.25) is 5.02 Å². The molecule has 7 heteroatoms. The number of halogens is 1. The molecule has 1 aliphatic rings. The zero-order chi connectivity index (χ0) is 16.4. The number of carbonyl (C=O) groups is 1. The first-order valence-corrected chi connectivity index (χ1v) is 8.03. The van der Waals surface area contributed by atoms with Crippen molar-refractivity contribution in [1.82, 2.24) is 19.7 Å². The second kappa shape index (κ2) is 6.58. The first-order valence-electron chi connectivity index (χ1n) is 7.65. The lowest BCUT2D eigenvalue weighted by Gasteiger charge is -2.26. The molecule has 0 aromatic carbocycles. The van der Waals surface area contributed by atoms with Gasteiger partial charge in [-0.3, -0.25) is 9.48 Å². The van der Waals surface area contributed by atoms with E-state index in [0.717, 1.165) is 30.8 Å². The third-order valence-corrected chi connectivity index (χ3v) is 4.28. The predicted octanol–water partition coefficient (Wildman–Crippen LogP) is 2.36. The quantitative estimate of drug-likeness (QED) is 0.862. The van der Waals surface area contributed by atoms with Gasteiger partial charge in [0.25, 0.3) is 0 Å². The monoisotopic (exact) mass is 333 g/mol. The summed E-state index contributed by atoms with van der Waals surface area (Å²) in [5.41, 5.74) is 1.13. The van der Waals surface area contributed by atoms with Gasteiger partial charge in [0.15, 0.2) is 0 Å². The molecular weight excluding hydrogens is 314 g/mol. The second-order valence-electron chi connectivity index (χ2n) is 5.94. The fourth-order valence-corrected chi connectivity index (χ4v) is 3.11. The minimum absolute atomic E-state index is 0.0653. The van der Waals surface area contributed by atoms with Crippen molar-refractivity contribution in [3.05, 3.63) is 41.3 Å².